The molecular weight excluding hydrogens is 258 g/mol. The number of rotatable bonds is 3. The van der Waals surface area contributed by atoms with Crippen LogP contribution in [0.3, 0.4) is 0 Å². The average Bonchev–Trinajstić information content (AvgIpc) is 3.01. The van der Waals surface area contributed by atoms with Crippen LogP contribution >= 0.6 is 11.8 Å². The first kappa shape index (κ1) is 13.4. The predicted octanol–water partition coefficient (Wildman–Crippen LogP) is 3.16. The fourth-order valence-corrected chi connectivity index (χ4v) is 3.87. The van der Waals surface area contributed by atoms with E-state index in [0.717, 1.165) is 29.9 Å². The maximum atomic E-state index is 5.49. The molecule has 0 spiro atoms. The fraction of sp³-hybridized carbons (Fsp3) is 0.857. The lowest BCUT2D eigenvalue weighted by atomic mass is 9.94. The molecule has 3 rings (SSSR count). The number of aromatic nitrogens is 2. The smallest absolute Gasteiger partial charge is 0.244 e. The molecule has 0 bridgehead atoms. The topological polar surface area (TPSA) is 51.0 Å². The van der Waals surface area contributed by atoms with Crippen LogP contribution in [-0.4, -0.2) is 21.4 Å². The lowest BCUT2D eigenvalue weighted by Crippen LogP contribution is -2.18. The molecule has 2 aliphatic rings. The number of nitrogens with zero attached hydrogens (tertiary/aromatic N) is 2. The molecule has 0 aromatic carbocycles. The van der Waals surface area contributed by atoms with Gasteiger partial charge in [0.25, 0.3) is 0 Å². The van der Waals surface area contributed by atoms with Crippen molar-refractivity contribution in [1.82, 2.24) is 15.5 Å². The third-order valence-corrected chi connectivity index (χ3v) is 5.40. The van der Waals surface area contributed by atoms with E-state index < -0.39 is 0 Å². The molecule has 0 amide bonds. The highest BCUT2D eigenvalue weighted by Gasteiger charge is 2.42. The Kier molecular flexibility index (Phi) is 3.60. The molecule has 4 nitrogen and oxygen atoms in total. The molecule has 0 radical (unpaired) electrons. The molecule has 106 valence electrons. The summed E-state index contributed by atoms with van der Waals surface area (Å²) >= 11 is 1.86. The van der Waals surface area contributed by atoms with Crippen LogP contribution in [0.15, 0.2) is 4.52 Å². The van der Waals surface area contributed by atoms with E-state index in [1.807, 2.05) is 11.8 Å². The molecule has 2 heterocycles. The summed E-state index contributed by atoms with van der Waals surface area (Å²) < 4.78 is 5.72. The monoisotopic (exact) mass is 281 g/mol. The van der Waals surface area contributed by atoms with Crippen molar-refractivity contribution in [1.29, 1.82) is 0 Å². The molecule has 3 atom stereocenters. The van der Waals surface area contributed by atoms with Crippen LogP contribution in [-0.2, 0) is 5.75 Å². The first-order valence-electron chi connectivity index (χ1n) is 7.23. The zero-order valence-electron chi connectivity index (χ0n) is 12.0. The summed E-state index contributed by atoms with van der Waals surface area (Å²) in [5.74, 6) is 4.00. The first-order chi connectivity index (χ1) is 9.03. The van der Waals surface area contributed by atoms with Crippen molar-refractivity contribution in [3.8, 4) is 0 Å². The van der Waals surface area contributed by atoms with Gasteiger partial charge >= 0.3 is 0 Å². The third kappa shape index (κ3) is 2.97. The van der Waals surface area contributed by atoms with Crippen molar-refractivity contribution in [2.45, 2.75) is 56.6 Å². The molecular formula is C14H23N3OS. The minimum atomic E-state index is 0.239. The maximum Gasteiger partial charge on any atom is 0.244 e. The Morgan fingerprint density at radius 3 is 3.00 bits per heavy atom. The van der Waals surface area contributed by atoms with Crippen molar-refractivity contribution in [2.24, 2.45) is 11.8 Å². The normalized spacial score (nSPS) is 30.8. The summed E-state index contributed by atoms with van der Waals surface area (Å²) in [6, 6.07) is 0.299. The minimum Gasteiger partial charge on any atom is -0.338 e. The highest BCUT2D eigenvalue weighted by Crippen LogP contribution is 2.43. The Morgan fingerprint density at radius 2 is 2.21 bits per heavy atom. The average molecular weight is 281 g/mol. The SMILES string of the molecule is CC(C)(C)SCc1noc(C2NCC3CCCC32)n1. The van der Waals surface area contributed by atoms with Crippen molar-refractivity contribution < 1.29 is 4.52 Å². The molecule has 3 unspecified atom stereocenters. The molecule has 1 aliphatic heterocycles. The highest BCUT2D eigenvalue weighted by atomic mass is 32.2. The van der Waals surface area contributed by atoms with E-state index in [1.54, 1.807) is 0 Å². The second kappa shape index (κ2) is 5.09. The summed E-state index contributed by atoms with van der Waals surface area (Å²) in [6.07, 6.45) is 4.01. The summed E-state index contributed by atoms with van der Waals surface area (Å²) in [6.45, 7) is 7.74. The van der Waals surface area contributed by atoms with E-state index in [-0.39, 0.29) is 4.75 Å². The van der Waals surface area contributed by atoms with Crippen LogP contribution in [0.5, 0.6) is 0 Å². The minimum absolute atomic E-state index is 0.239. The van der Waals surface area contributed by atoms with Gasteiger partial charge in [-0.05, 0) is 31.2 Å². The predicted molar refractivity (Wildman–Crippen MR) is 76.9 cm³/mol. The maximum absolute atomic E-state index is 5.49. The summed E-state index contributed by atoms with van der Waals surface area (Å²) in [7, 11) is 0. The second-order valence-corrected chi connectivity index (χ2v) is 8.49. The summed E-state index contributed by atoms with van der Waals surface area (Å²) in [5, 5.41) is 7.69. The van der Waals surface area contributed by atoms with Crippen LogP contribution < -0.4 is 5.32 Å². The van der Waals surface area contributed by atoms with Gasteiger partial charge in [0, 0.05) is 4.75 Å². The molecule has 5 heteroatoms. The Balaban J connectivity index is 1.65. The van der Waals surface area contributed by atoms with E-state index in [9.17, 15) is 0 Å². The van der Waals surface area contributed by atoms with Gasteiger partial charge in [0.2, 0.25) is 5.89 Å². The lowest BCUT2D eigenvalue weighted by Gasteiger charge is -2.15. The molecule has 2 fully saturated rings. The van der Waals surface area contributed by atoms with Gasteiger partial charge < -0.3 is 9.84 Å². The van der Waals surface area contributed by atoms with Crippen molar-refractivity contribution >= 4 is 11.8 Å². The van der Waals surface area contributed by atoms with Crippen LogP contribution in [0.4, 0.5) is 0 Å². The van der Waals surface area contributed by atoms with Gasteiger partial charge in [-0.1, -0.05) is 32.3 Å². The number of fused-ring (bicyclic) bond motifs is 1. The van der Waals surface area contributed by atoms with E-state index >= 15 is 0 Å². The van der Waals surface area contributed by atoms with Gasteiger partial charge in [-0.25, -0.2) is 0 Å². The van der Waals surface area contributed by atoms with Crippen LogP contribution in [0.1, 0.15) is 57.8 Å². The highest BCUT2D eigenvalue weighted by molar-refractivity contribution is 7.99. The molecule has 1 aliphatic carbocycles. The zero-order valence-corrected chi connectivity index (χ0v) is 12.8. The molecule has 1 saturated carbocycles. The standard InChI is InChI=1S/C14H23N3OS/c1-14(2,3)19-8-11-16-13(18-17-11)12-10-6-4-5-9(10)7-15-12/h9-10,12,15H,4-8H2,1-3H3. The fourth-order valence-electron chi connectivity index (χ4n) is 3.19. The number of nitrogens with one attached hydrogen (secondary N) is 1. The molecule has 1 saturated heterocycles. The van der Waals surface area contributed by atoms with E-state index in [0.29, 0.717) is 12.0 Å². The third-order valence-electron chi connectivity index (χ3n) is 4.13. The largest absolute Gasteiger partial charge is 0.338 e. The van der Waals surface area contributed by atoms with Gasteiger partial charge in [-0.15, -0.1) is 11.8 Å². The van der Waals surface area contributed by atoms with E-state index in [2.05, 4.69) is 36.2 Å². The number of hydrogen-bond donors (Lipinski definition) is 1. The van der Waals surface area contributed by atoms with Gasteiger partial charge in [-0.3, -0.25) is 0 Å². The van der Waals surface area contributed by atoms with Crippen molar-refractivity contribution in [2.75, 3.05) is 6.54 Å². The summed E-state index contributed by atoms with van der Waals surface area (Å²) in [5.41, 5.74) is 0. The van der Waals surface area contributed by atoms with Gasteiger partial charge in [0.05, 0.1) is 11.8 Å². The Hall–Kier alpha value is -0.550. The molecule has 1 aromatic heterocycles. The van der Waals surface area contributed by atoms with Crippen molar-refractivity contribution in [3.05, 3.63) is 11.7 Å². The molecule has 19 heavy (non-hydrogen) atoms. The first-order valence-corrected chi connectivity index (χ1v) is 8.21. The number of hydrogen-bond acceptors (Lipinski definition) is 5. The van der Waals surface area contributed by atoms with Crippen molar-refractivity contribution in [3.63, 3.8) is 0 Å². The van der Waals surface area contributed by atoms with Crippen LogP contribution in [0.2, 0.25) is 0 Å². The van der Waals surface area contributed by atoms with Crippen LogP contribution in [0.25, 0.3) is 0 Å². The van der Waals surface area contributed by atoms with Gasteiger partial charge in [0.15, 0.2) is 5.82 Å². The second-order valence-electron chi connectivity index (χ2n) is 6.69. The lowest BCUT2D eigenvalue weighted by molar-refractivity contribution is 0.301. The van der Waals surface area contributed by atoms with Gasteiger partial charge in [0.1, 0.15) is 0 Å². The molecule has 1 aromatic rings. The van der Waals surface area contributed by atoms with E-state index in [1.165, 1.54) is 19.3 Å². The molecule has 1 N–H and O–H groups in total. The zero-order chi connectivity index (χ0) is 13.5. The van der Waals surface area contributed by atoms with E-state index in [4.69, 9.17) is 4.52 Å². The number of thioether (sulfide) groups is 1. The van der Waals surface area contributed by atoms with Crippen LogP contribution in [0, 0.1) is 11.8 Å². The summed E-state index contributed by atoms with van der Waals surface area (Å²) in [4.78, 5) is 4.59. The Bertz CT molecular complexity index is 440. The Labute approximate surface area is 119 Å². The Morgan fingerprint density at radius 1 is 1.37 bits per heavy atom. The van der Waals surface area contributed by atoms with Gasteiger partial charge in [-0.2, -0.15) is 4.98 Å². The quantitative estimate of drug-likeness (QED) is 0.922.